The Morgan fingerprint density at radius 2 is 1.93 bits per heavy atom. The molecule has 1 rings (SSSR count). The monoisotopic (exact) mass is 195 g/mol. The fourth-order valence-electron chi connectivity index (χ4n) is 1.08. The molecule has 0 heterocycles. The van der Waals surface area contributed by atoms with Crippen LogP contribution in [0, 0.1) is 0 Å². The lowest BCUT2D eigenvalue weighted by molar-refractivity contribution is 0.413. The summed E-state index contributed by atoms with van der Waals surface area (Å²) in [4.78, 5) is 0. The van der Waals surface area contributed by atoms with Crippen molar-refractivity contribution in [1.29, 1.82) is 0 Å². The van der Waals surface area contributed by atoms with Crippen molar-refractivity contribution in [3.63, 3.8) is 0 Å². The molecule has 0 amide bonds. The number of rotatable bonds is 3. The van der Waals surface area contributed by atoms with E-state index < -0.39 is 0 Å². The molecule has 14 heavy (non-hydrogen) atoms. The summed E-state index contributed by atoms with van der Waals surface area (Å²) in [6, 6.07) is 8.46. The summed E-state index contributed by atoms with van der Waals surface area (Å²) in [5.74, 6) is 0.912. The molecule has 0 aliphatic carbocycles. The van der Waals surface area contributed by atoms with Gasteiger partial charge < -0.3 is 10.1 Å². The van der Waals surface area contributed by atoms with Crippen LogP contribution in [0.3, 0.4) is 0 Å². The van der Waals surface area contributed by atoms with Crippen molar-refractivity contribution in [1.82, 2.24) is 5.32 Å². The van der Waals surface area contributed by atoms with Gasteiger partial charge in [-0.05, 0) is 31.7 Å². The van der Waals surface area contributed by atoms with Crippen molar-refractivity contribution < 1.29 is 4.74 Å². The zero-order valence-electron chi connectivity index (χ0n) is 9.79. The van der Waals surface area contributed by atoms with Gasteiger partial charge in [-0.2, -0.15) is 0 Å². The molecule has 1 aromatic rings. The first kappa shape index (κ1) is 13.0. The maximum atomic E-state index is 5.12. The minimum absolute atomic E-state index is 0.375. The van der Waals surface area contributed by atoms with Crippen LogP contribution < -0.4 is 10.1 Å². The molecule has 0 saturated carbocycles. The third-order valence-corrected chi connectivity index (χ3v) is 2.03. The molecule has 0 aromatic heterocycles. The largest absolute Gasteiger partial charge is 0.497 e. The zero-order chi connectivity index (χ0) is 11.0. The van der Waals surface area contributed by atoms with Gasteiger partial charge in [0, 0.05) is 6.04 Å². The summed E-state index contributed by atoms with van der Waals surface area (Å²) >= 11 is 0. The molecule has 0 bridgehead atoms. The number of hydrogen-bond acceptors (Lipinski definition) is 2. The Kier molecular flexibility index (Phi) is 6.85. The Balaban J connectivity index is 0.000000791. The highest BCUT2D eigenvalue weighted by Gasteiger charge is 2.01. The highest BCUT2D eigenvalue weighted by atomic mass is 16.5. The van der Waals surface area contributed by atoms with Crippen molar-refractivity contribution in [3.05, 3.63) is 29.8 Å². The van der Waals surface area contributed by atoms with Crippen LogP contribution in [-0.4, -0.2) is 14.2 Å². The normalized spacial score (nSPS) is 11.2. The number of ether oxygens (including phenoxy) is 1. The van der Waals surface area contributed by atoms with Crippen LogP contribution in [0.2, 0.25) is 0 Å². The first-order valence-electron chi connectivity index (χ1n) is 5.09. The fraction of sp³-hybridized carbons (Fsp3) is 0.500. The maximum Gasteiger partial charge on any atom is 0.119 e. The molecule has 0 radical (unpaired) electrons. The molecule has 0 spiro atoms. The first-order chi connectivity index (χ1) is 6.77. The summed E-state index contributed by atoms with van der Waals surface area (Å²) in [6.07, 6.45) is 0. The number of hydrogen-bond donors (Lipinski definition) is 1. The molecule has 80 valence electrons. The van der Waals surface area contributed by atoms with Crippen LogP contribution in [-0.2, 0) is 0 Å². The second kappa shape index (κ2) is 7.39. The second-order valence-corrected chi connectivity index (χ2v) is 2.79. The van der Waals surface area contributed by atoms with Crippen molar-refractivity contribution in [2.75, 3.05) is 14.2 Å². The van der Waals surface area contributed by atoms with Gasteiger partial charge in [0.1, 0.15) is 5.75 Å². The molecule has 0 aliphatic rings. The van der Waals surface area contributed by atoms with E-state index in [2.05, 4.69) is 18.3 Å². The molecule has 0 fully saturated rings. The van der Waals surface area contributed by atoms with Crippen LogP contribution in [0.5, 0.6) is 5.75 Å². The quantitative estimate of drug-likeness (QED) is 0.800. The average molecular weight is 195 g/mol. The number of methoxy groups -OCH3 is 1. The second-order valence-electron chi connectivity index (χ2n) is 2.79. The van der Waals surface area contributed by atoms with Gasteiger partial charge in [-0.25, -0.2) is 0 Å². The molecule has 1 aromatic carbocycles. The molecule has 0 aliphatic heterocycles. The molecular weight excluding hydrogens is 174 g/mol. The van der Waals surface area contributed by atoms with E-state index in [1.165, 1.54) is 5.56 Å². The molecule has 2 heteroatoms. The number of benzene rings is 1. The summed E-state index contributed by atoms with van der Waals surface area (Å²) in [5.41, 5.74) is 1.25. The molecule has 1 unspecified atom stereocenters. The lowest BCUT2D eigenvalue weighted by Gasteiger charge is -2.11. The standard InChI is InChI=1S/C10H15NO.C2H6/c1-8(11-2)9-5-4-6-10(7-9)12-3;1-2/h4-8,11H,1-3H3;1-2H3. The Bertz CT molecular complexity index is 248. The van der Waals surface area contributed by atoms with Crippen molar-refractivity contribution in [2.45, 2.75) is 26.8 Å². The van der Waals surface area contributed by atoms with E-state index in [1.807, 2.05) is 39.1 Å². The SMILES string of the molecule is CC.CNC(C)c1cccc(OC)c1. The van der Waals surface area contributed by atoms with Gasteiger partial charge in [-0.3, -0.25) is 0 Å². The lowest BCUT2D eigenvalue weighted by Crippen LogP contribution is -2.11. The third kappa shape index (κ3) is 3.79. The molecular formula is C12H21NO. The van der Waals surface area contributed by atoms with E-state index in [4.69, 9.17) is 4.74 Å². The van der Waals surface area contributed by atoms with E-state index in [0.717, 1.165) is 5.75 Å². The molecule has 1 atom stereocenters. The molecule has 0 saturated heterocycles. The van der Waals surface area contributed by atoms with E-state index in [-0.39, 0.29) is 0 Å². The highest BCUT2D eigenvalue weighted by molar-refractivity contribution is 5.30. The van der Waals surface area contributed by atoms with Gasteiger partial charge in [0.25, 0.3) is 0 Å². The van der Waals surface area contributed by atoms with Crippen LogP contribution >= 0.6 is 0 Å². The predicted octanol–water partition coefficient (Wildman–Crippen LogP) is 3.00. The van der Waals surface area contributed by atoms with Crippen molar-refractivity contribution >= 4 is 0 Å². The van der Waals surface area contributed by atoms with Gasteiger partial charge in [0.05, 0.1) is 7.11 Å². The molecule has 2 nitrogen and oxygen atoms in total. The first-order valence-corrected chi connectivity index (χ1v) is 5.09. The van der Waals surface area contributed by atoms with E-state index in [9.17, 15) is 0 Å². The summed E-state index contributed by atoms with van der Waals surface area (Å²) in [5, 5.41) is 3.18. The lowest BCUT2D eigenvalue weighted by atomic mass is 10.1. The summed E-state index contributed by atoms with van der Waals surface area (Å²) in [7, 11) is 3.63. The van der Waals surface area contributed by atoms with E-state index >= 15 is 0 Å². The van der Waals surface area contributed by atoms with Crippen LogP contribution in [0.1, 0.15) is 32.4 Å². The summed E-state index contributed by atoms with van der Waals surface area (Å²) in [6.45, 7) is 6.12. The van der Waals surface area contributed by atoms with Gasteiger partial charge in [0.2, 0.25) is 0 Å². The Morgan fingerprint density at radius 1 is 1.29 bits per heavy atom. The van der Waals surface area contributed by atoms with Crippen molar-refractivity contribution in [3.8, 4) is 5.75 Å². The van der Waals surface area contributed by atoms with Crippen LogP contribution in [0.15, 0.2) is 24.3 Å². The smallest absolute Gasteiger partial charge is 0.119 e. The predicted molar refractivity (Wildman–Crippen MR) is 61.8 cm³/mol. The third-order valence-electron chi connectivity index (χ3n) is 2.03. The fourth-order valence-corrected chi connectivity index (χ4v) is 1.08. The van der Waals surface area contributed by atoms with Gasteiger partial charge in [-0.1, -0.05) is 26.0 Å². The molecule has 1 N–H and O–H groups in total. The Morgan fingerprint density at radius 3 is 2.43 bits per heavy atom. The highest BCUT2D eigenvalue weighted by Crippen LogP contribution is 2.17. The average Bonchev–Trinajstić information content (AvgIpc) is 2.30. The van der Waals surface area contributed by atoms with Crippen LogP contribution in [0.4, 0.5) is 0 Å². The zero-order valence-corrected chi connectivity index (χ0v) is 9.79. The minimum atomic E-state index is 0.375. The topological polar surface area (TPSA) is 21.3 Å². The van der Waals surface area contributed by atoms with E-state index in [0.29, 0.717) is 6.04 Å². The Hall–Kier alpha value is -1.02. The summed E-state index contributed by atoms with van der Waals surface area (Å²) < 4.78 is 5.12. The van der Waals surface area contributed by atoms with Gasteiger partial charge in [-0.15, -0.1) is 0 Å². The van der Waals surface area contributed by atoms with Gasteiger partial charge >= 0.3 is 0 Å². The number of nitrogens with one attached hydrogen (secondary N) is 1. The van der Waals surface area contributed by atoms with Gasteiger partial charge in [0.15, 0.2) is 0 Å². The van der Waals surface area contributed by atoms with Crippen LogP contribution in [0.25, 0.3) is 0 Å². The minimum Gasteiger partial charge on any atom is -0.497 e. The van der Waals surface area contributed by atoms with Crippen molar-refractivity contribution in [2.24, 2.45) is 0 Å². The maximum absolute atomic E-state index is 5.12. The Labute approximate surface area is 87.3 Å². The van der Waals surface area contributed by atoms with E-state index in [1.54, 1.807) is 7.11 Å².